The first-order valence-electron chi connectivity index (χ1n) is 12.0. The van der Waals surface area contributed by atoms with E-state index in [9.17, 15) is 30.1 Å². The Morgan fingerprint density at radius 1 is 0.878 bits per heavy atom. The number of para-hydroxylation sites is 2. The molecular weight excluding hydrogens is 554 g/mol. The van der Waals surface area contributed by atoms with Crippen LogP contribution in [-0.4, -0.2) is 48.6 Å². The zero-order chi connectivity index (χ0) is 28.9. The fourth-order valence-electron chi connectivity index (χ4n) is 3.95. The number of aliphatic hydroxyl groups is 1. The average Bonchev–Trinajstić information content (AvgIpc) is 2.98. The highest BCUT2D eigenvalue weighted by atomic mass is 32.2. The third-order valence-electron chi connectivity index (χ3n) is 5.82. The first kappa shape index (κ1) is 27.4. The van der Waals surface area contributed by atoms with Crippen LogP contribution in [-0.2, 0) is 0 Å². The van der Waals surface area contributed by atoms with Gasteiger partial charge in [0.25, 0.3) is 11.4 Å². The van der Waals surface area contributed by atoms with E-state index < -0.39 is 21.6 Å². The molecule has 0 aliphatic heterocycles. The number of fused-ring (bicyclic) bond motifs is 1. The molecule has 1 unspecified atom stereocenters. The number of benzene rings is 3. The molecule has 13 nitrogen and oxygen atoms in total. The summed E-state index contributed by atoms with van der Waals surface area (Å²) in [6.07, 6.45) is -0.980. The van der Waals surface area contributed by atoms with E-state index in [0.717, 1.165) is 17.1 Å². The van der Waals surface area contributed by atoms with Gasteiger partial charge in [0.2, 0.25) is 5.16 Å². The number of hydrogen-bond acceptors (Lipinski definition) is 12. The lowest BCUT2D eigenvalue weighted by molar-refractivity contribution is -0.384. The van der Waals surface area contributed by atoms with Crippen molar-refractivity contribution in [2.24, 2.45) is 0 Å². The molecule has 0 saturated carbocycles. The first-order valence-corrected chi connectivity index (χ1v) is 13.0. The molecule has 1 N–H and O–H groups in total. The maximum Gasteiger partial charge on any atom is 0.336 e. The number of nitro benzene ring substituents is 2. The summed E-state index contributed by atoms with van der Waals surface area (Å²) in [4.78, 5) is 38.2. The van der Waals surface area contributed by atoms with Crippen LogP contribution in [0.2, 0.25) is 0 Å². The first-order chi connectivity index (χ1) is 19.8. The summed E-state index contributed by atoms with van der Waals surface area (Å²) in [5.74, 6) is 0.465. The Morgan fingerprint density at radius 3 is 2.20 bits per heavy atom. The number of hydrogen-bond donors (Lipinski definition) is 1. The number of rotatable bonds is 10. The Kier molecular flexibility index (Phi) is 7.94. The Labute approximate surface area is 234 Å². The minimum Gasteiger partial charge on any atom is -0.491 e. The molecule has 0 bridgehead atoms. The minimum atomic E-state index is -0.980. The van der Waals surface area contributed by atoms with E-state index in [-0.39, 0.29) is 51.4 Å². The number of nitro groups is 2. The molecule has 0 fully saturated rings. The van der Waals surface area contributed by atoms with Gasteiger partial charge >= 0.3 is 5.63 Å². The molecule has 14 heteroatoms. The van der Waals surface area contributed by atoms with Gasteiger partial charge in [-0.1, -0.05) is 36.0 Å². The van der Waals surface area contributed by atoms with Crippen LogP contribution in [0.5, 0.6) is 5.75 Å². The third-order valence-corrected chi connectivity index (χ3v) is 6.80. The van der Waals surface area contributed by atoms with E-state index in [2.05, 4.69) is 15.2 Å². The molecule has 0 aliphatic carbocycles. The molecular formula is C27H19N5O8S. The van der Waals surface area contributed by atoms with E-state index in [4.69, 9.17) is 9.15 Å². The predicted molar refractivity (Wildman–Crippen MR) is 149 cm³/mol. The van der Waals surface area contributed by atoms with E-state index in [1.807, 2.05) is 0 Å². The Balaban J connectivity index is 1.39. The fraction of sp³-hybridized carbons (Fsp3) is 0.111. The van der Waals surface area contributed by atoms with Gasteiger partial charge in [0.1, 0.15) is 29.3 Å². The largest absolute Gasteiger partial charge is 0.491 e. The second kappa shape index (κ2) is 11.9. The van der Waals surface area contributed by atoms with Crippen LogP contribution < -0.4 is 10.4 Å². The van der Waals surface area contributed by atoms with Gasteiger partial charge in [-0.15, -0.1) is 10.2 Å². The molecule has 1 atom stereocenters. The van der Waals surface area contributed by atoms with Gasteiger partial charge in [-0.3, -0.25) is 20.2 Å². The molecule has 2 heterocycles. The molecule has 41 heavy (non-hydrogen) atoms. The molecule has 2 aromatic heterocycles. The molecule has 3 aromatic carbocycles. The molecule has 206 valence electrons. The highest BCUT2D eigenvalue weighted by Crippen LogP contribution is 2.38. The maximum absolute atomic E-state index is 11.8. The lowest BCUT2D eigenvalue weighted by atomic mass is 10.0. The molecule has 0 radical (unpaired) electrons. The molecule has 0 saturated heterocycles. The smallest absolute Gasteiger partial charge is 0.336 e. The number of thioether (sulfide) groups is 1. The lowest BCUT2D eigenvalue weighted by Gasteiger charge is -2.13. The monoisotopic (exact) mass is 573 g/mol. The van der Waals surface area contributed by atoms with Crippen molar-refractivity contribution >= 4 is 34.1 Å². The Hall–Kier alpha value is -5.21. The van der Waals surface area contributed by atoms with Gasteiger partial charge in [0.05, 0.1) is 27.1 Å². The molecule has 0 aliphatic rings. The van der Waals surface area contributed by atoms with E-state index in [0.29, 0.717) is 11.3 Å². The van der Waals surface area contributed by atoms with Crippen molar-refractivity contribution in [3.05, 3.63) is 110 Å². The van der Waals surface area contributed by atoms with Crippen molar-refractivity contribution in [3.63, 3.8) is 0 Å². The van der Waals surface area contributed by atoms with E-state index >= 15 is 0 Å². The van der Waals surface area contributed by atoms with Gasteiger partial charge in [0, 0.05) is 35.4 Å². The standard InChI is InChI=1S/C27H19N5O8S/c33-17(14-39-18-11-9-16-10-12-24(34)40-23(16)13-18)15-41-27-28-25(19-5-1-3-7-21(19)31(35)36)26(29-30-27)20-6-2-4-8-22(20)32(37)38/h1-13,17,33H,14-15H2. The summed E-state index contributed by atoms with van der Waals surface area (Å²) in [5, 5.41) is 43.0. The van der Waals surface area contributed by atoms with Gasteiger partial charge in [-0.2, -0.15) is 0 Å². The normalized spacial score (nSPS) is 11.7. The van der Waals surface area contributed by atoms with Crippen LogP contribution in [0.1, 0.15) is 0 Å². The van der Waals surface area contributed by atoms with Gasteiger partial charge in [-0.05, 0) is 30.3 Å². The second-order valence-corrected chi connectivity index (χ2v) is 9.56. The molecule has 5 rings (SSSR count). The predicted octanol–water partition coefficient (Wildman–Crippen LogP) is 4.66. The minimum absolute atomic E-state index is 0.00258. The molecule has 5 aromatic rings. The fourth-order valence-corrected chi connectivity index (χ4v) is 4.64. The Bertz CT molecular complexity index is 1830. The third kappa shape index (κ3) is 6.18. The lowest BCUT2D eigenvalue weighted by Crippen LogP contribution is -2.20. The van der Waals surface area contributed by atoms with Crippen LogP contribution in [0.3, 0.4) is 0 Å². The number of nitrogens with zero attached hydrogens (tertiary/aromatic N) is 5. The number of aromatic nitrogens is 3. The maximum atomic E-state index is 11.8. The van der Waals surface area contributed by atoms with Crippen molar-refractivity contribution in [2.75, 3.05) is 12.4 Å². The summed E-state index contributed by atoms with van der Waals surface area (Å²) in [5.41, 5.74) is -0.424. The van der Waals surface area contributed by atoms with E-state index in [1.165, 1.54) is 42.5 Å². The topological polar surface area (TPSA) is 185 Å². The number of ether oxygens (including phenoxy) is 1. The zero-order valence-electron chi connectivity index (χ0n) is 20.9. The zero-order valence-corrected chi connectivity index (χ0v) is 21.8. The van der Waals surface area contributed by atoms with Crippen molar-refractivity contribution < 1.29 is 24.1 Å². The summed E-state index contributed by atoms with van der Waals surface area (Å²) in [6.45, 7) is -0.103. The second-order valence-electron chi connectivity index (χ2n) is 8.57. The van der Waals surface area contributed by atoms with Crippen molar-refractivity contribution in [3.8, 4) is 28.3 Å². The average molecular weight is 574 g/mol. The quantitative estimate of drug-likeness (QED) is 0.106. The SMILES string of the molecule is O=c1ccc2ccc(OCC(O)CSc3nnc(-c4ccccc4[N+](=O)[O-])c(-c4ccccc4[N+](=O)[O-])n3)cc2o1. The highest BCUT2D eigenvalue weighted by Gasteiger charge is 2.26. The number of aliphatic hydroxyl groups excluding tert-OH is 1. The van der Waals surface area contributed by atoms with Crippen LogP contribution >= 0.6 is 11.8 Å². The van der Waals surface area contributed by atoms with Crippen LogP contribution in [0.4, 0.5) is 11.4 Å². The highest BCUT2D eigenvalue weighted by molar-refractivity contribution is 7.99. The van der Waals surface area contributed by atoms with Crippen LogP contribution in [0, 0.1) is 20.2 Å². The Morgan fingerprint density at radius 2 is 1.51 bits per heavy atom. The summed E-state index contributed by atoms with van der Waals surface area (Å²) in [7, 11) is 0. The van der Waals surface area contributed by atoms with E-state index in [1.54, 1.807) is 36.4 Å². The summed E-state index contributed by atoms with van der Waals surface area (Å²) >= 11 is 1.03. The van der Waals surface area contributed by atoms with Crippen LogP contribution in [0.25, 0.3) is 33.5 Å². The van der Waals surface area contributed by atoms with Gasteiger partial charge in [-0.25, -0.2) is 9.78 Å². The molecule has 0 spiro atoms. The van der Waals surface area contributed by atoms with Crippen LogP contribution in [0.15, 0.2) is 93.2 Å². The summed E-state index contributed by atoms with van der Waals surface area (Å²) in [6, 6.07) is 19.6. The molecule has 0 amide bonds. The van der Waals surface area contributed by atoms with Gasteiger partial charge in [0.15, 0.2) is 0 Å². The van der Waals surface area contributed by atoms with Gasteiger partial charge < -0.3 is 14.3 Å². The van der Waals surface area contributed by atoms with Crippen molar-refractivity contribution in [1.82, 2.24) is 15.2 Å². The van der Waals surface area contributed by atoms with Crippen molar-refractivity contribution in [1.29, 1.82) is 0 Å². The van der Waals surface area contributed by atoms with Crippen molar-refractivity contribution in [2.45, 2.75) is 11.3 Å². The summed E-state index contributed by atoms with van der Waals surface area (Å²) < 4.78 is 10.8.